The molecule has 0 aromatic heterocycles. The van der Waals surface area contributed by atoms with Crippen molar-refractivity contribution in [3.8, 4) is 5.75 Å². The van der Waals surface area contributed by atoms with E-state index in [1.54, 1.807) is 6.92 Å². The van der Waals surface area contributed by atoms with Gasteiger partial charge in [0.2, 0.25) is 5.91 Å². The highest BCUT2D eigenvalue weighted by molar-refractivity contribution is 5.83. The molecular weight excluding hydrogens is 216 g/mol. The molecule has 0 aliphatic rings. The smallest absolute Gasteiger partial charge is 0.237 e. The molecule has 4 heteroatoms. The third-order valence-electron chi connectivity index (χ3n) is 2.69. The van der Waals surface area contributed by atoms with Crippen LogP contribution in [0.5, 0.6) is 5.75 Å². The fraction of sp³-hybridized carbons (Fsp3) is 0.462. The Hall–Kier alpha value is -1.55. The molecule has 1 atom stereocenters. The molecule has 0 aliphatic carbocycles. The average Bonchev–Trinajstić information content (AvgIpc) is 2.26. The van der Waals surface area contributed by atoms with E-state index in [1.165, 1.54) is 5.56 Å². The number of carbonyl (C=O) groups is 1. The van der Waals surface area contributed by atoms with Crippen LogP contribution < -0.4 is 16.2 Å². The van der Waals surface area contributed by atoms with E-state index in [2.05, 4.69) is 0 Å². The first-order chi connectivity index (χ1) is 7.92. The third kappa shape index (κ3) is 4.44. The molecule has 0 radical (unpaired) electrons. The zero-order chi connectivity index (χ0) is 12.9. The van der Waals surface area contributed by atoms with Gasteiger partial charge in [-0.2, -0.15) is 0 Å². The Morgan fingerprint density at radius 3 is 2.47 bits per heavy atom. The molecular formula is C13H20N2O2. The van der Waals surface area contributed by atoms with E-state index in [-0.39, 0.29) is 0 Å². The van der Waals surface area contributed by atoms with E-state index in [0.29, 0.717) is 19.4 Å². The van der Waals surface area contributed by atoms with Crippen LogP contribution in [-0.2, 0) is 4.79 Å². The normalized spacial score (nSPS) is 14.1. The van der Waals surface area contributed by atoms with Crippen LogP contribution in [-0.4, -0.2) is 18.1 Å². The quantitative estimate of drug-likeness (QED) is 0.732. The standard InChI is InChI=1S/C13H20N2O2/c1-10-4-6-11(7-5-10)17-9-3-8-13(2,15)12(14)16/h4-7H,3,8-9,15H2,1-2H3,(H2,14,16). The largest absolute Gasteiger partial charge is 0.494 e. The fourth-order valence-corrected chi connectivity index (χ4v) is 1.39. The number of ether oxygens (including phenoxy) is 1. The minimum Gasteiger partial charge on any atom is -0.494 e. The first-order valence-electron chi connectivity index (χ1n) is 5.70. The zero-order valence-electron chi connectivity index (χ0n) is 10.4. The first kappa shape index (κ1) is 13.5. The third-order valence-corrected chi connectivity index (χ3v) is 2.69. The summed E-state index contributed by atoms with van der Waals surface area (Å²) in [6, 6.07) is 7.83. The predicted molar refractivity (Wildman–Crippen MR) is 67.7 cm³/mol. The highest BCUT2D eigenvalue weighted by Gasteiger charge is 2.24. The van der Waals surface area contributed by atoms with Crippen molar-refractivity contribution in [1.82, 2.24) is 0 Å². The lowest BCUT2D eigenvalue weighted by Crippen LogP contribution is -2.49. The van der Waals surface area contributed by atoms with E-state index in [9.17, 15) is 4.79 Å². The van der Waals surface area contributed by atoms with E-state index in [0.717, 1.165) is 5.75 Å². The van der Waals surface area contributed by atoms with Gasteiger partial charge in [-0.05, 0) is 38.8 Å². The molecule has 1 amide bonds. The van der Waals surface area contributed by atoms with Gasteiger partial charge < -0.3 is 16.2 Å². The van der Waals surface area contributed by atoms with Crippen LogP contribution in [0.3, 0.4) is 0 Å². The monoisotopic (exact) mass is 236 g/mol. The number of amides is 1. The Balaban J connectivity index is 2.29. The number of primary amides is 1. The molecule has 1 aromatic rings. The van der Waals surface area contributed by atoms with Gasteiger partial charge in [0.05, 0.1) is 12.1 Å². The highest BCUT2D eigenvalue weighted by atomic mass is 16.5. The summed E-state index contributed by atoms with van der Waals surface area (Å²) >= 11 is 0. The molecule has 0 heterocycles. The number of aryl methyl sites for hydroxylation is 1. The summed E-state index contributed by atoms with van der Waals surface area (Å²) in [5, 5.41) is 0. The molecule has 4 nitrogen and oxygen atoms in total. The number of rotatable bonds is 6. The van der Waals surface area contributed by atoms with Gasteiger partial charge in [0.25, 0.3) is 0 Å². The number of hydrogen-bond donors (Lipinski definition) is 2. The summed E-state index contributed by atoms with van der Waals surface area (Å²) < 4.78 is 5.53. The van der Waals surface area contributed by atoms with Crippen molar-refractivity contribution in [3.05, 3.63) is 29.8 Å². The lowest BCUT2D eigenvalue weighted by Gasteiger charge is -2.20. The molecule has 0 saturated heterocycles. The highest BCUT2D eigenvalue weighted by Crippen LogP contribution is 2.13. The summed E-state index contributed by atoms with van der Waals surface area (Å²) in [6.07, 6.45) is 1.22. The lowest BCUT2D eigenvalue weighted by molar-refractivity contribution is -0.122. The summed E-state index contributed by atoms with van der Waals surface area (Å²) in [4.78, 5) is 11.0. The van der Waals surface area contributed by atoms with E-state index < -0.39 is 11.4 Å². The van der Waals surface area contributed by atoms with Crippen LogP contribution in [0, 0.1) is 6.92 Å². The van der Waals surface area contributed by atoms with Gasteiger partial charge in [-0.3, -0.25) is 4.79 Å². The SMILES string of the molecule is Cc1ccc(OCCCC(C)(N)C(N)=O)cc1. The Labute approximate surface area is 102 Å². The maximum Gasteiger partial charge on any atom is 0.237 e. The van der Waals surface area contributed by atoms with Crippen LogP contribution in [0.1, 0.15) is 25.3 Å². The second kappa shape index (κ2) is 5.68. The maximum atomic E-state index is 11.0. The summed E-state index contributed by atoms with van der Waals surface area (Å²) in [5.74, 6) is 0.348. The maximum absolute atomic E-state index is 11.0. The second-order valence-electron chi connectivity index (χ2n) is 4.55. The molecule has 0 fully saturated rings. The average molecular weight is 236 g/mol. The van der Waals surface area contributed by atoms with E-state index >= 15 is 0 Å². The van der Waals surface area contributed by atoms with E-state index in [1.807, 2.05) is 31.2 Å². The van der Waals surface area contributed by atoms with Gasteiger partial charge in [0.1, 0.15) is 5.75 Å². The lowest BCUT2D eigenvalue weighted by atomic mass is 9.97. The van der Waals surface area contributed by atoms with Crippen LogP contribution in [0.15, 0.2) is 24.3 Å². The molecule has 0 bridgehead atoms. The molecule has 0 saturated carbocycles. The molecule has 1 unspecified atom stereocenters. The second-order valence-corrected chi connectivity index (χ2v) is 4.55. The van der Waals surface area contributed by atoms with Crippen LogP contribution >= 0.6 is 0 Å². The molecule has 1 rings (SSSR count). The predicted octanol–water partition coefficient (Wildman–Crippen LogP) is 1.36. The molecule has 0 aliphatic heterocycles. The number of nitrogens with two attached hydrogens (primary N) is 2. The Kier molecular flexibility index (Phi) is 4.52. The van der Waals surface area contributed by atoms with Crippen LogP contribution in [0.25, 0.3) is 0 Å². The van der Waals surface area contributed by atoms with Crippen molar-refractivity contribution in [2.45, 2.75) is 32.2 Å². The topological polar surface area (TPSA) is 78.3 Å². The fourth-order valence-electron chi connectivity index (χ4n) is 1.39. The number of carbonyl (C=O) groups excluding carboxylic acids is 1. The van der Waals surface area contributed by atoms with Crippen LogP contribution in [0.2, 0.25) is 0 Å². The van der Waals surface area contributed by atoms with E-state index in [4.69, 9.17) is 16.2 Å². The van der Waals surface area contributed by atoms with Crippen molar-refractivity contribution in [2.75, 3.05) is 6.61 Å². The first-order valence-corrected chi connectivity index (χ1v) is 5.70. The summed E-state index contributed by atoms with van der Waals surface area (Å²) in [6.45, 7) is 4.20. The van der Waals surface area contributed by atoms with Crippen molar-refractivity contribution >= 4 is 5.91 Å². The van der Waals surface area contributed by atoms with Gasteiger partial charge in [0.15, 0.2) is 0 Å². The Morgan fingerprint density at radius 1 is 1.35 bits per heavy atom. The van der Waals surface area contributed by atoms with Crippen molar-refractivity contribution in [2.24, 2.45) is 11.5 Å². The Bertz CT molecular complexity index is 372. The van der Waals surface area contributed by atoms with Crippen molar-refractivity contribution in [1.29, 1.82) is 0 Å². The number of hydrogen-bond acceptors (Lipinski definition) is 3. The van der Waals surface area contributed by atoms with Crippen LogP contribution in [0.4, 0.5) is 0 Å². The molecule has 0 spiro atoms. The molecule has 4 N–H and O–H groups in total. The van der Waals surface area contributed by atoms with Gasteiger partial charge in [-0.1, -0.05) is 17.7 Å². The zero-order valence-corrected chi connectivity index (χ0v) is 10.4. The van der Waals surface area contributed by atoms with Gasteiger partial charge in [0, 0.05) is 0 Å². The van der Waals surface area contributed by atoms with Gasteiger partial charge in [-0.15, -0.1) is 0 Å². The van der Waals surface area contributed by atoms with Gasteiger partial charge >= 0.3 is 0 Å². The van der Waals surface area contributed by atoms with Crippen molar-refractivity contribution < 1.29 is 9.53 Å². The molecule has 94 valence electrons. The molecule has 17 heavy (non-hydrogen) atoms. The minimum absolute atomic E-state index is 0.479. The molecule has 1 aromatic carbocycles. The van der Waals surface area contributed by atoms with Gasteiger partial charge in [-0.25, -0.2) is 0 Å². The summed E-state index contributed by atoms with van der Waals surface area (Å²) in [5.41, 5.74) is 11.2. The minimum atomic E-state index is -0.948. The Morgan fingerprint density at radius 2 is 1.94 bits per heavy atom. The summed E-state index contributed by atoms with van der Waals surface area (Å²) in [7, 11) is 0. The number of benzene rings is 1. The van der Waals surface area contributed by atoms with Crippen molar-refractivity contribution in [3.63, 3.8) is 0 Å².